The number of nitrogens with zero attached hydrogens (tertiary/aromatic N) is 3. The van der Waals surface area contributed by atoms with Crippen LogP contribution in [0.1, 0.15) is 49.6 Å². The number of sulfonamides is 1. The zero-order chi connectivity index (χ0) is 25.7. The molecule has 10 heteroatoms. The molecule has 2 saturated heterocycles. The van der Waals surface area contributed by atoms with E-state index in [9.17, 15) is 17.6 Å². The van der Waals surface area contributed by atoms with E-state index in [1.807, 2.05) is 0 Å². The van der Waals surface area contributed by atoms with Crippen LogP contribution in [0.5, 0.6) is 0 Å². The van der Waals surface area contributed by atoms with Crippen molar-refractivity contribution in [3.63, 3.8) is 0 Å². The lowest BCUT2D eigenvalue weighted by molar-refractivity contribution is -0.126. The average Bonchev–Trinajstić information content (AvgIpc) is 3.25. The van der Waals surface area contributed by atoms with Crippen LogP contribution in [0.25, 0.3) is 12.2 Å². The predicted octanol–water partition coefficient (Wildman–Crippen LogP) is 3.54. The largest absolute Gasteiger partial charge is 0.355 e. The number of likely N-dealkylation sites (tertiary alicyclic amines) is 1. The highest BCUT2D eigenvalue weighted by Crippen LogP contribution is 2.29. The van der Waals surface area contributed by atoms with Crippen molar-refractivity contribution in [1.29, 1.82) is 0 Å². The van der Waals surface area contributed by atoms with Gasteiger partial charge in [0.25, 0.3) is 0 Å². The van der Waals surface area contributed by atoms with Gasteiger partial charge in [-0.2, -0.15) is 4.31 Å². The fourth-order valence-electron chi connectivity index (χ4n) is 4.83. The van der Waals surface area contributed by atoms with E-state index in [2.05, 4.69) is 22.3 Å². The van der Waals surface area contributed by atoms with Gasteiger partial charge >= 0.3 is 0 Å². The Hall–Kier alpha value is -2.56. The third-order valence-corrected chi connectivity index (χ3v) is 9.24. The first-order valence-corrected chi connectivity index (χ1v) is 14.1. The number of benzene rings is 1. The fourth-order valence-corrected chi connectivity index (χ4v) is 6.55. The van der Waals surface area contributed by atoms with Crippen LogP contribution in [-0.2, 0) is 14.8 Å². The lowest BCUT2D eigenvalue weighted by atomic mass is 9.97. The Balaban J connectivity index is 1.33. The summed E-state index contributed by atoms with van der Waals surface area (Å²) in [5.74, 6) is 0.204. The Labute approximate surface area is 212 Å². The highest BCUT2D eigenvalue weighted by atomic mass is 32.2. The molecule has 0 atom stereocenters. The summed E-state index contributed by atoms with van der Waals surface area (Å²) < 4.78 is 47.4. The number of hydrogen-bond acceptors (Lipinski definition) is 6. The number of nitrogens with one attached hydrogen (secondary N) is 1. The van der Waals surface area contributed by atoms with Crippen molar-refractivity contribution in [2.75, 3.05) is 39.3 Å². The van der Waals surface area contributed by atoms with Crippen molar-refractivity contribution in [3.05, 3.63) is 47.1 Å². The van der Waals surface area contributed by atoms with Gasteiger partial charge < -0.3 is 14.7 Å². The van der Waals surface area contributed by atoms with Crippen LogP contribution in [0, 0.1) is 24.6 Å². The molecule has 2 aliphatic heterocycles. The van der Waals surface area contributed by atoms with Gasteiger partial charge in [-0.3, -0.25) is 4.79 Å². The summed E-state index contributed by atoms with van der Waals surface area (Å²) in [4.78, 5) is 15.0. The van der Waals surface area contributed by atoms with Gasteiger partial charge in [0.15, 0.2) is 10.7 Å². The van der Waals surface area contributed by atoms with E-state index in [0.29, 0.717) is 24.9 Å². The van der Waals surface area contributed by atoms with Crippen LogP contribution in [0.2, 0.25) is 0 Å². The van der Waals surface area contributed by atoms with E-state index in [0.717, 1.165) is 25.6 Å². The zero-order valence-electron chi connectivity index (χ0n) is 21.0. The molecule has 1 aromatic heterocycles. The maximum Gasteiger partial charge on any atom is 0.248 e. The molecule has 4 rings (SSSR count). The summed E-state index contributed by atoms with van der Waals surface area (Å²) in [6, 6.07) is 6.20. The lowest BCUT2D eigenvalue weighted by Crippen LogP contribution is -2.45. The van der Waals surface area contributed by atoms with Crippen molar-refractivity contribution in [2.45, 2.75) is 44.4 Å². The van der Waals surface area contributed by atoms with Crippen LogP contribution >= 0.6 is 0 Å². The Morgan fingerprint density at radius 3 is 2.53 bits per heavy atom. The number of piperidine rings is 2. The van der Waals surface area contributed by atoms with Gasteiger partial charge in [-0.15, -0.1) is 0 Å². The Kier molecular flexibility index (Phi) is 8.58. The summed E-state index contributed by atoms with van der Waals surface area (Å²) in [6.07, 6.45) is 6.21. The normalized spacial score (nSPS) is 19.2. The number of amides is 1. The minimum Gasteiger partial charge on any atom is -0.355 e. The third kappa shape index (κ3) is 6.22. The van der Waals surface area contributed by atoms with Gasteiger partial charge in [-0.05, 0) is 69.8 Å². The van der Waals surface area contributed by atoms with E-state index >= 15 is 0 Å². The summed E-state index contributed by atoms with van der Waals surface area (Å²) in [5.41, 5.74) is 0.562. The summed E-state index contributed by atoms with van der Waals surface area (Å²) >= 11 is 0. The van der Waals surface area contributed by atoms with Crippen LogP contribution in [0.4, 0.5) is 4.39 Å². The molecule has 0 unspecified atom stereocenters. The van der Waals surface area contributed by atoms with E-state index in [-0.39, 0.29) is 41.3 Å². The van der Waals surface area contributed by atoms with Gasteiger partial charge in [0, 0.05) is 37.7 Å². The van der Waals surface area contributed by atoms with Crippen molar-refractivity contribution in [2.24, 2.45) is 11.8 Å². The fraction of sp³-hybridized carbons (Fsp3) is 0.538. The molecule has 1 amide bonds. The first kappa shape index (κ1) is 26.5. The van der Waals surface area contributed by atoms with Crippen LogP contribution in [0.15, 0.2) is 33.7 Å². The number of aromatic nitrogens is 1. The predicted molar refractivity (Wildman–Crippen MR) is 136 cm³/mol. The first-order valence-electron chi connectivity index (χ1n) is 12.6. The molecule has 196 valence electrons. The molecule has 2 fully saturated rings. The van der Waals surface area contributed by atoms with Crippen LogP contribution in [0.3, 0.4) is 0 Å². The molecule has 8 nitrogen and oxygen atoms in total. The number of carbonyl (C=O) groups is 1. The SMILES string of the molecule is Cc1noc(C=Cc2ccccc2F)c1S(=O)(=O)N1CCC(C(=O)NCCN2CCC(C)CC2)CC1. The van der Waals surface area contributed by atoms with E-state index < -0.39 is 15.8 Å². The topological polar surface area (TPSA) is 95.8 Å². The van der Waals surface area contributed by atoms with Crippen molar-refractivity contribution in [1.82, 2.24) is 19.7 Å². The molecular weight excluding hydrogens is 483 g/mol. The second-order valence-corrected chi connectivity index (χ2v) is 11.7. The molecule has 36 heavy (non-hydrogen) atoms. The molecule has 0 radical (unpaired) electrons. The van der Waals surface area contributed by atoms with Crippen LogP contribution < -0.4 is 5.32 Å². The molecule has 3 heterocycles. The number of hydrogen-bond donors (Lipinski definition) is 1. The molecule has 2 aliphatic rings. The first-order chi connectivity index (χ1) is 17.3. The zero-order valence-corrected chi connectivity index (χ0v) is 21.8. The standard InChI is InChI=1S/C26H35FN4O4S/c1-19-9-14-30(15-10-19)18-13-28-26(32)22-11-16-31(17-12-22)36(33,34)25-20(2)29-35-24(25)8-7-21-5-3-4-6-23(21)27/h3-8,19,22H,9-18H2,1-2H3,(H,28,32). The molecule has 0 bridgehead atoms. The molecular formula is C26H35FN4O4S. The maximum absolute atomic E-state index is 14.0. The van der Waals surface area contributed by atoms with Crippen LogP contribution in [-0.4, -0.2) is 68.0 Å². The minimum atomic E-state index is -3.89. The molecule has 0 aliphatic carbocycles. The van der Waals surface area contributed by atoms with E-state index in [1.165, 1.54) is 35.4 Å². The van der Waals surface area contributed by atoms with Gasteiger partial charge in [-0.25, -0.2) is 12.8 Å². The average molecular weight is 519 g/mol. The Morgan fingerprint density at radius 2 is 1.83 bits per heavy atom. The molecule has 1 N–H and O–H groups in total. The van der Waals surface area contributed by atoms with Gasteiger partial charge in [-0.1, -0.05) is 30.3 Å². The Morgan fingerprint density at radius 1 is 1.14 bits per heavy atom. The second kappa shape index (κ2) is 11.7. The maximum atomic E-state index is 14.0. The molecule has 2 aromatic rings. The number of rotatable bonds is 8. The molecule has 0 saturated carbocycles. The lowest BCUT2D eigenvalue weighted by Gasteiger charge is -2.31. The third-order valence-electron chi connectivity index (χ3n) is 7.18. The van der Waals surface area contributed by atoms with Crippen molar-refractivity contribution >= 4 is 28.1 Å². The quantitative estimate of drug-likeness (QED) is 0.574. The van der Waals surface area contributed by atoms with Gasteiger partial charge in [0.1, 0.15) is 11.5 Å². The Bertz CT molecular complexity index is 1180. The number of carbonyl (C=O) groups excluding carboxylic acids is 1. The monoisotopic (exact) mass is 518 g/mol. The van der Waals surface area contributed by atoms with E-state index in [1.54, 1.807) is 25.1 Å². The summed E-state index contributed by atoms with van der Waals surface area (Å²) in [5, 5.41) is 6.87. The highest BCUT2D eigenvalue weighted by Gasteiger charge is 2.36. The minimum absolute atomic E-state index is 0.00732. The van der Waals surface area contributed by atoms with Gasteiger partial charge in [0.2, 0.25) is 15.9 Å². The summed E-state index contributed by atoms with van der Waals surface area (Å²) in [6.45, 7) is 7.95. The molecule has 0 spiro atoms. The summed E-state index contributed by atoms with van der Waals surface area (Å²) in [7, 11) is -3.89. The van der Waals surface area contributed by atoms with Crippen molar-refractivity contribution < 1.29 is 22.1 Å². The number of halogens is 1. The highest BCUT2D eigenvalue weighted by molar-refractivity contribution is 7.89. The van der Waals surface area contributed by atoms with Gasteiger partial charge in [0.05, 0.1) is 0 Å². The molecule has 1 aromatic carbocycles. The number of aryl methyl sites for hydroxylation is 1. The second-order valence-electron chi connectivity index (χ2n) is 9.81. The smallest absolute Gasteiger partial charge is 0.248 e. The van der Waals surface area contributed by atoms with E-state index in [4.69, 9.17) is 4.52 Å². The van der Waals surface area contributed by atoms with Crippen molar-refractivity contribution in [3.8, 4) is 0 Å².